The van der Waals surface area contributed by atoms with E-state index in [0.717, 1.165) is 21.9 Å². The zero-order valence-corrected chi connectivity index (χ0v) is 10.8. The van der Waals surface area contributed by atoms with E-state index in [1.807, 2.05) is 32.0 Å². The Morgan fingerprint density at radius 1 is 1.17 bits per heavy atom. The highest BCUT2D eigenvalue weighted by atomic mass is 16.5. The van der Waals surface area contributed by atoms with Crippen LogP contribution in [0.4, 0.5) is 0 Å². The van der Waals surface area contributed by atoms with Gasteiger partial charge in [0.1, 0.15) is 11.3 Å². The summed E-state index contributed by atoms with van der Waals surface area (Å²) in [5.74, 6) is -0.510. The van der Waals surface area contributed by atoms with E-state index in [-0.39, 0.29) is 11.3 Å². The Hall–Kier alpha value is -2.03. The smallest absolute Gasteiger partial charge is 0.342 e. The number of phenolic OH excluding ortho intramolecular Hbond substituents is 1. The number of benzene rings is 2. The number of phenols is 1. The molecule has 0 saturated carbocycles. The molecule has 2 aromatic rings. The molecule has 0 fully saturated rings. The van der Waals surface area contributed by atoms with Gasteiger partial charge < -0.3 is 9.84 Å². The summed E-state index contributed by atoms with van der Waals surface area (Å²) in [5.41, 5.74) is 2.28. The van der Waals surface area contributed by atoms with E-state index in [1.54, 1.807) is 13.0 Å². The first kappa shape index (κ1) is 12.4. The number of esters is 1. The molecule has 1 N–H and O–H groups in total. The van der Waals surface area contributed by atoms with Gasteiger partial charge in [0, 0.05) is 5.39 Å². The normalized spacial score (nSPS) is 10.6. The molecule has 3 nitrogen and oxygen atoms in total. The molecule has 2 rings (SSSR count). The average Bonchev–Trinajstić information content (AvgIpc) is 2.34. The molecule has 3 heteroatoms. The van der Waals surface area contributed by atoms with Crippen LogP contribution in [-0.2, 0) is 4.74 Å². The first-order valence-electron chi connectivity index (χ1n) is 5.95. The number of rotatable bonds is 2. The van der Waals surface area contributed by atoms with Gasteiger partial charge in [-0.1, -0.05) is 18.2 Å². The van der Waals surface area contributed by atoms with Gasteiger partial charge in [-0.05, 0) is 43.4 Å². The van der Waals surface area contributed by atoms with E-state index >= 15 is 0 Å². The molecule has 0 amide bonds. The molecule has 0 aliphatic rings. The van der Waals surface area contributed by atoms with Gasteiger partial charge in [0.05, 0.1) is 6.61 Å². The van der Waals surface area contributed by atoms with Crippen molar-refractivity contribution in [1.82, 2.24) is 0 Å². The molecule has 0 atom stereocenters. The summed E-state index contributed by atoms with van der Waals surface area (Å²) in [7, 11) is 0. The second-order valence-electron chi connectivity index (χ2n) is 4.30. The van der Waals surface area contributed by atoms with E-state index in [0.29, 0.717) is 6.61 Å². The van der Waals surface area contributed by atoms with Crippen LogP contribution in [0.5, 0.6) is 5.75 Å². The van der Waals surface area contributed by atoms with Crippen LogP contribution in [-0.4, -0.2) is 17.7 Å². The first-order valence-corrected chi connectivity index (χ1v) is 5.95. The molecule has 94 valence electrons. The van der Waals surface area contributed by atoms with Crippen LogP contribution in [0.1, 0.15) is 28.4 Å². The van der Waals surface area contributed by atoms with E-state index < -0.39 is 5.97 Å². The number of carbonyl (C=O) groups excluding carboxylic acids is 1. The Labute approximate surface area is 106 Å². The van der Waals surface area contributed by atoms with Crippen molar-refractivity contribution >= 4 is 16.7 Å². The molecule has 0 aliphatic heterocycles. The monoisotopic (exact) mass is 244 g/mol. The van der Waals surface area contributed by atoms with Gasteiger partial charge in [0.15, 0.2) is 0 Å². The summed E-state index contributed by atoms with van der Waals surface area (Å²) < 4.78 is 5.01. The molecule has 0 heterocycles. The standard InChI is InChI=1S/C15H16O3/c1-4-18-15(17)14-12(16)8-7-11-9(2)5-6-10(3)13(11)14/h5-8,16H,4H2,1-3H3. The lowest BCUT2D eigenvalue weighted by atomic mass is 9.96. The maximum Gasteiger partial charge on any atom is 0.342 e. The SMILES string of the molecule is CCOC(=O)c1c(O)ccc2c(C)ccc(C)c12. The van der Waals surface area contributed by atoms with Gasteiger partial charge in [0.2, 0.25) is 0 Å². The second-order valence-corrected chi connectivity index (χ2v) is 4.30. The summed E-state index contributed by atoms with van der Waals surface area (Å²) in [4.78, 5) is 12.0. The van der Waals surface area contributed by atoms with Crippen molar-refractivity contribution in [2.45, 2.75) is 20.8 Å². The average molecular weight is 244 g/mol. The number of hydrogen-bond acceptors (Lipinski definition) is 3. The van der Waals surface area contributed by atoms with Crippen molar-refractivity contribution in [3.05, 3.63) is 41.0 Å². The molecule has 18 heavy (non-hydrogen) atoms. The molecule has 0 saturated heterocycles. The minimum Gasteiger partial charge on any atom is -0.507 e. The maximum absolute atomic E-state index is 12.0. The van der Waals surface area contributed by atoms with Crippen LogP contribution >= 0.6 is 0 Å². The van der Waals surface area contributed by atoms with E-state index in [1.165, 1.54) is 0 Å². The molecule has 0 bridgehead atoms. The third-order valence-corrected chi connectivity index (χ3v) is 3.07. The third-order valence-electron chi connectivity index (χ3n) is 3.07. The van der Waals surface area contributed by atoms with E-state index in [4.69, 9.17) is 4.74 Å². The van der Waals surface area contributed by atoms with Crippen molar-refractivity contribution in [2.24, 2.45) is 0 Å². The van der Waals surface area contributed by atoms with Crippen LogP contribution in [0.25, 0.3) is 10.8 Å². The van der Waals surface area contributed by atoms with Crippen molar-refractivity contribution in [3.8, 4) is 5.75 Å². The van der Waals surface area contributed by atoms with Gasteiger partial charge in [-0.3, -0.25) is 0 Å². The Morgan fingerprint density at radius 2 is 1.83 bits per heavy atom. The Morgan fingerprint density at radius 3 is 2.50 bits per heavy atom. The van der Waals surface area contributed by atoms with Crippen molar-refractivity contribution < 1.29 is 14.6 Å². The molecule has 0 radical (unpaired) electrons. The zero-order valence-electron chi connectivity index (χ0n) is 10.8. The topological polar surface area (TPSA) is 46.5 Å². The van der Waals surface area contributed by atoms with Crippen LogP contribution < -0.4 is 0 Å². The molecular formula is C15H16O3. The zero-order chi connectivity index (χ0) is 13.3. The van der Waals surface area contributed by atoms with Crippen molar-refractivity contribution in [2.75, 3.05) is 6.61 Å². The number of aromatic hydroxyl groups is 1. The lowest BCUT2D eigenvalue weighted by Crippen LogP contribution is -2.06. The largest absolute Gasteiger partial charge is 0.507 e. The number of ether oxygens (including phenoxy) is 1. The summed E-state index contributed by atoms with van der Waals surface area (Å²) in [6, 6.07) is 7.32. The number of fused-ring (bicyclic) bond motifs is 1. The van der Waals surface area contributed by atoms with Crippen molar-refractivity contribution in [3.63, 3.8) is 0 Å². The summed E-state index contributed by atoms with van der Waals surface area (Å²) in [6.45, 7) is 5.94. The van der Waals surface area contributed by atoms with E-state index in [2.05, 4.69) is 0 Å². The minimum absolute atomic E-state index is 0.0327. The van der Waals surface area contributed by atoms with E-state index in [9.17, 15) is 9.90 Å². The van der Waals surface area contributed by atoms with Crippen LogP contribution in [0, 0.1) is 13.8 Å². The molecule has 2 aromatic carbocycles. The quantitative estimate of drug-likeness (QED) is 0.824. The predicted octanol–water partition coefficient (Wildman–Crippen LogP) is 3.34. The summed E-state index contributed by atoms with van der Waals surface area (Å²) >= 11 is 0. The first-order chi connectivity index (χ1) is 8.56. The second kappa shape index (κ2) is 4.69. The summed E-state index contributed by atoms with van der Waals surface area (Å²) in [6.07, 6.45) is 0. The predicted molar refractivity (Wildman–Crippen MR) is 71.0 cm³/mol. The van der Waals surface area contributed by atoms with Crippen molar-refractivity contribution in [1.29, 1.82) is 0 Å². The molecule has 0 spiro atoms. The maximum atomic E-state index is 12.0. The van der Waals surface area contributed by atoms with Crippen LogP contribution in [0.3, 0.4) is 0 Å². The molecular weight excluding hydrogens is 228 g/mol. The summed E-state index contributed by atoms with van der Waals surface area (Å²) in [5, 5.41) is 11.7. The van der Waals surface area contributed by atoms with Gasteiger partial charge >= 0.3 is 5.97 Å². The number of aryl methyl sites for hydroxylation is 2. The molecule has 0 unspecified atom stereocenters. The Bertz CT molecular complexity index is 615. The lowest BCUT2D eigenvalue weighted by Gasteiger charge is -2.12. The fourth-order valence-electron chi connectivity index (χ4n) is 2.16. The molecule has 0 aromatic heterocycles. The Kier molecular flexibility index (Phi) is 3.24. The Balaban J connectivity index is 2.82. The minimum atomic E-state index is -0.477. The fourth-order valence-corrected chi connectivity index (χ4v) is 2.16. The molecule has 0 aliphatic carbocycles. The highest BCUT2D eigenvalue weighted by molar-refractivity contribution is 6.09. The van der Waals surface area contributed by atoms with Crippen LogP contribution in [0.15, 0.2) is 24.3 Å². The highest BCUT2D eigenvalue weighted by Crippen LogP contribution is 2.32. The van der Waals surface area contributed by atoms with Gasteiger partial charge in [-0.25, -0.2) is 4.79 Å². The van der Waals surface area contributed by atoms with Gasteiger partial charge in [-0.2, -0.15) is 0 Å². The fraction of sp³-hybridized carbons (Fsp3) is 0.267. The third kappa shape index (κ3) is 1.92. The number of carbonyl (C=O) groups is 1. The van der Waals surface area contributed by atoms with Gasteiger partial charge in [-0.15, -0.1) is 0 Å². The lowest BCUT2D eigenvalue weighted by molar-refractivity contribution is 0.0525. The number of hydrogen-bond donors (Lipinski definition) is 1. The van der Waals surface area contributed by atoms with Crippen LogP contribution in [0.2, 0.25) is 0 Å². The van der Waals surface area contributed by atoms with Gasteiger partial charge in [0.25, 0.3) is 0 Å². The highest BCUT2D eigenvalue weighted by Gasteiger charge is 2.18.